The summed E-state index contributed by atoms with van der Waals surface area (Å²) < 4.78 is 28.4. The van der Waals surface area contributed by atoms with Crippen molar-refractivity contribution in [2.45, 2.75) is 13.0 Å². The first-order chi connectivity index (χ1) is 8.91. The van der Waals surface area contributed by atoms with Crippen LogP contribution in [0.25, 0.3) is 0 Å². The molecule has 1 unspecified atom stereocenters. The molecule has 19 heavy (non-hydrogen) atoms. The molecular weight excluding hydrogens is 338 g/mol. The second-order valence-corrected chi connectivity index (χ2v) is 5.48. The van der Waals surface area contributed by atoms with E-state index in [1.165, 1.54) is 19.1 Å². The highest BCUT2D eigenvalue weighted by molar-refractivity contribution is 9.10. The highest BCUT2D eigenvalue weighted by Crippen LogP contribution is 2.33. The van der Waals surface area contributed by atoms with Crippen molar-refractivity contribution in [2.75, 3.05) is 0 Å². The van der Waals surface area contributed by atoms with Crippen LogP contribution in [0.4, 0.5) is 8.78 Å². The van der Waals surface area contributed by atoms with Crippen LogP contribution < -0.4 is 0 Å². The smallest absolute Gasteiger partial charge is 0.135 e. The third-order valence-corrected chi connectivity index (χ3v) is 3.67. The van der Waals surface area contributed by atoms with Crippen LogP contribution in [0.3, 0.4) is 0 Å². The third kappa shape index (κ3) is 2.81. The summed E-state index contributed by atoms with van der Waals surface area (Å²) in [6.45, 7) is 1.51. The van der Waals surface area contributed by atoms with E-state index in [4.69, 9.17) is 11.6 Å². The number of hydrogen-bond donors (Lipinski definition) is 1. The Morgan fingerprint density at radius 1 is 1.21 bits per heavy atom. The molecule has 0 bridgehead atoms. The summed E-state index contributed by atoms with van der Waals surface area (Å²) in [5.41, 5.74) is 0.140. The van der Waals surface area contributed by atoms with E-state index in [0.717, 1.165) is 10.5 Å². The lowest BCUT2D eigenvalue weighted by atomic mass is 9.98. The highest BCUT2D eigenvalue weighted by atomic mass is 79.9. The molecule has 0 aliphatic heterocycles. The predicted octanol–water partition coefficient (Wildman–Crippen LogP) is 4.77. The molecule has 0 saturated heterocycles. The van der Waals surface area contributed by atoms with Crippen molar-refractivity contribution in [2.24, 2.45) is 0 Å². The first-order valence-corrected chi connectivity index (χ1v) is 6.66. The molecule has 2 aromatic carbocycles. The van der Waals surface area contributed by atoms with Crippen LogP contribution in [-0.4, -0.2) is 5.11 Å². The average Bonchev–Trinajstić information content (AvgIpc) is 2.34. The summed E-state index contributed by atoms with van der Waals surface area (Å²) in [5, 5.41) is 10.4. The maximum Gasteiger partial charge on any atom is 0.135 e. The minimum Gasteiger partial charge on any atom is -0.383 e. The molecule has 2 rings (SSSR count). The van der Waals surface area contributed by atoms with Crippen LogP contribution in [0.1, 0.15) is 22.8 Å². The zero-order valence-electron chi connectivity index (χ0n) is 9.92. The van der Waals surface area contributed by atoms with Crippen molar-refractivity contribution < 1.29 is 13.9 Å². The van der Waals surface area contributed by atoms with E-state index in [9.17, 15) is 13.9 Å². The largest absolute Gasteiger partial charge is 0.383 e. The van der Waals surface area contributed by atoms with Crippen molar-refractivity contribution >= 4 is 27.5 Å². The number of halogens is 4. The quantitative estimate of drug-likeness (QED) is 0.829. The molecular formula is C14H10BrClF2O. The molecule has 1 N–H and O–H groups in total. The fraction of sp³-hybridized carbons (Fsp3) is 0.143. The first kappa shape index (κ1) is 14.4. The van der Waals surface area contributed by atoms with Gasteiger partial charge in [0.25, 0.3) is 0 Å². The Bertz CT molecular complexity index is 631. The molecule has 0 aliphatic rings. The number of aryl methyl sites for hydroxylation is 1. The van der Waals surface area contributed by atoms with Crippen molar-refractivity contribution in [3.8, 4) is 0 Å². The van der Waals surface area contributed by atoms with E-state index in [1.807, 2.05) is 0 Å². The van der Waals surface area contributed by atoms with Crippen molar-refractivity contribution in [3.63, 3.8) is 0 Å². The Labute approximate surface area is 123 Å². The molecule has 0 aromatic heterocycles. The van der Waals surface area contributed by atoms with Gasteiger partial charge in [-0.3, -0.25) is 0 Å². The number of rotatable bonds is 2. The highest BCUT2D eigenvalue weighted by Gasteiger charge is 2.22. The van der Waals surface area contributed by atoms with Crippen molar-refractivity contribution in [1.82, 2.24) is 0 Å². The van der Waals surface area contributed by atoms with Gasteiger partial charge in [-0.25, -0.2) is 8.78 Å². The van der Waals surface area contributed by atoms with Crippen LogP contribution in [0.2, 0.25) is 5.02 Å². The van der Waals surface area contributed by atoms with E-state index in [1.54, 1.807) is 12.1 Å². The number of aliphatic hydroxyl groups excluding tert-OH is 1. The van der Waals surface area contributed by atoms with E-state index in [2.05, 4.69) is 15.9 Å². The van der Waals surface area contributed by atoms with Gasteiger partial charge in [-0.05, 0) is 30.7 Å². The standard InChI is InChI=1S/C14H10BrClF2O/c1-7-2-5-11(17)12(13(7)18)14(19)9-4-3-8(15)6-10(9)16/h2-6,14,19H,1H3. The molecule has 1 nitrogen and oxygen atoms in total. The molecule has 0 spiro atoms. The van der Waals surface area contributed by atoms with Gasteiger partial charge < -0.3 is 5.11 Å². The van der Waals surface area contributed by atoms with Gasteiger partial charge in [0.05, 0.1) is 5.56 Å². The molecule has 0 heterocycles. The van der Waals surface area contributed by atoms with Gasteiger partial charge in [0, 0.05) is 15.1 Å². The van der Waals surface area contributed by atoms with Crippen LogP contribution in [-0.2, 0) is 0 Å². The van der Waals surface area contributed by atoms with Gasteiger partial charge in [0.15, 0.2) is 0 Å². The number of aliphatic hydroxyl groups is 1. The normalized spacial score (nSPS) is 12.5. The molecule has 0 saturated carbocycles. The summed E-state index contributed by atoms with van der Waals surface area (Å²) in [6.07, 6.45) is -1.44. The number of hydrogen-bond acceptors (Lipinski definition) is 1. The molecule has 5 heteroatoms. The Hall–Kier alpha value is -0.970. The molecule has 0 fully saturated rings. The van der Waals surface area contributed by atoms with Crippen molar-refractivity contribution in [3.05, 3.63) is 68.2 Å². The van der Waals surface area contributed by atoms with Gasteiger partial charge in [-0.1, -0.05) is 39.7 Å². The topological polar surface area (TPSA) is 20.2 Å². The molecule has 2 aromatic rings. The van der Waals surface area contributed by atoms with Gasteiger partial charge >= 0.3 is 0 Å². The Balaban J connectivity index is 2.56. The molecule has 0 radical (unpaired) electrons. The minimum absolute atomic E-state index is 0.238. The van der Waals surface area contributed by atoms with Crippen LogP contribution >= 0.6 is 27.5 Å². The predicted molar refractivity (Wildman–Crippen MR) is 74.3 cm³/mol. The van der Waals surface area contributed by atoms with Gasteiger partial charge in [0.1, 0.15) is 17.7 Å². The van der Waals surface area contributed by atoms with Crippen LogP contribution in [0, 0.1) is 18.6 Å². The monoisotopic (exact) mass is 346 g/mol. The summed E-state index contributed by atoms with van der Waals surface area (Å²) in [7, 11) is 0. The van der Waals surface area contributed by atoms with Crippen LogP contribution in [0.15, 0.2) is 34.8 Å². The second-order valence-electron chi connectivity index (χ2n) is 4.16. The summed E-state index contributed by atoms with van der Waals surface area (Å²) in [4.78, 5) is 0. The Kier molecular flexibility index (Phi) is 4.23. The molecule has 0 amide bonds. The Morgan fingerprint density at radius 3 is 2.53 bits per heavy atom. The van der Waals surface area contributed by atoms with E-state index in [0.29, 0.717) is 0 Å². The van der Waals surface area contributed by atoms with E-state index in [-0.39, 0.29) is 21.7 Å². The fourth-order valence-corrected chi connectivity index (χ4v) is 2.58. The van der Waals surface area contributed by atoms with Gasteiger partial charge in [-0.2, -0.15) is 0 Å². The average molecular weight is 348 g/mol. The lowest BCUT2D eigenvalue weighted by Crippen LogP contribution is -2.07. The molecule has 100 valence electrons. The van der Waals surface area contributed by atoms with Crippen LogP contribution in [0.5, 0.6) is 0 Å². The van der Waals surface area contributed by atoms with Gasteiger partial charge in [0.2, 0.25) is 0 Å². The van der Waals surface area contributed by atoms with E-state index >= 15 is 0 Å². The van der Waals surface area contributed by atoms with Gasteiger partial charge in [-0.15, -0.1) is 0 Å². The molecule has 1 atom stereocenters. The van der Waals surface area contributed by atoms with Crippen molar-refractivity contribution in [1.29, 1.82) is 0 Å². The zero-order valence-corrected chi connectivity index (χ0v) is 12.3. The summed E-state index contributed by atoms with van der Waals surface area (Å²) in [6, 6.07) is 7.19. The molecule has 0 aliphatic carbocycles. The second kappa shape index (κ2) is 5.57. The maximum absolute atomic E-state index is 14.0. The summed E-state index contributed by atoms with van der Waals surface area (Å²) in [5.74, 6) is -1.55. The SMILES string of the molecule is Cc1ccc(F)c(C(O)c2ccc(Br)cc2Cl)c1F. The Morgan fingerprint density at radius 2 is 1.89 bits per heavy atom. The maximum atomic E-state index is 14.0. The third-order valence-electron chi connectivity index (χ3n) is 2.85. The fourth-order valence-electron chi connectivity index (χ4n) is 1.81. The first-order valence-electron chi connectivity index (χ1n) is 5.49. The lowest BCUT2D eigenvalue weighted by molar-refractivity contribution is 0.209. The number of benzene rings is 2. The van der Waals surface area contributed by atoms with E-state index < -0.39 is 17.7 Å². The lowest BCUT2D eigenvalue weighted by Gasteiger charge is -2.16. The minimum atomic E-state index is -1.44. The zero-order chi connectivity index (χ0) is 14.2. The summed E-state index contributed by atoms with van der Waals surface area (Å²) >= 11 is 9.21.